The molecule has 3 N–H and O–H groups in total. The van der Waals surface area contributed by atoms with E-state index in [0.29, 0.717) is 0 Å². The second-order valence-electron chi connectivity index (χ2n) is 5.04. The molecule has 0 aliphatic carbocycles. The normalized spacial score (nSPS) is 23.2. The van der Waals surface area contributed by atoms with Gasteiger partial charge in [-0.15, -0.1) is 11.3 Å². The minimum Gasteiger partial charge on any atom is -0.358 e. The smallest absolute Gasteiger partial charge is 0.237 e. The summed E-state index contributed by atoms with van der Waals surface area (Å²) in [5.74, 6) is 0.113. The third kappa shape index (κ3) is 2.99. The summed E-state index contributed by atoms with van der Waals surface area (Å²) in [4.78, 5) is 15.6. The first-order valence-corrected chi connectivity index (χ1v) is 7.83. The number of likely N-dealkylation sites (N-methyl/N-ethyl adjacent to an activating group) is 1. The summed E-state index contributed by atoms with van der Waals surface area (Å²) >= 11 is 1.73. The first-order valence-electron chi connectivity index (χ1n) is 6.95. The summed E-state index contributed by atoms with van der Waals surface area (Å²) in [5, 5.41) is 4.86. The zero-order valence-corrected chi connectivity index (χ0v) is 12.5. The molecule has 1 aromatic heterocycles. The van der Waals surface area contributed by atoms with Crippen molar-refractivity contribution >= 4 is 17.2 Å². The summed E-state index contributed by atoms with van der Waals surface area (Å²) in [6.45, 7) is 3.06. The molecule has 4 nitrogen and oxygen atoms in total. The van der Waals surface area contributed by atoms with Gasteiger partial charge in [-0.1, -0.05) is 13.0 Å². The largest absolute Gasteiger partial charge is 0.358 e. The van der Waals surface area contributed by atoms with Gasteiger partial charge in [0.15, 0.2) is 0 Å². The highest BCUT2D eigenvalue weighted by Gasteiger charge is 2.38. The van der Waals surface area contributed by atoms with Crippen molar-refractivity contribution in [2.75, 3.05) is 13.6 Å². The monoisotopic (exact) mass is 281 g/mol. The van der Waals surface area contributed by atoms with Crippen molar-refractivity contribution in [3.8, 4) is 0 Å². The van der Waals surface area contributed by atoms with Gasteiger partial charge in [-0.05, 0) is 37.3 Å². The van der Waals surface area contributed by atoms with Crippen LogP contribution in [-0.4, -0.2) is 36.5 Å². The van der Waals surface area contributed by atoms with Crippen molar-refractivity contribution in [3.05, 3.63) is 22.4 Å². The minimum absolute atomic E-state index is 0.0327. The fourth-order valence-corrected chi connectivity index (χ4v) is 3.79. The zero-order valence-electron chi connectivity index (χ0n) is 11.6. The highest BCUT2D eigenvalue weighted by Crippen LogP contribution is 2.34. The third-order valence-corrected chi connectivity index (χ3v) is 4.86. The molecule has 1 fully saturated rings. The van der Waals surface area contributed by atoms with E-state index < -0.39 is 0 Å². The van der Waals surface area contributed by atoms with Gasteiger partial charge in [0.2, 0.25) is 5.91 Å². The van der Waals surface area contributed by atoms with Crippen molar-refractivity contribution in [1.82, 2.24) is 10.2 Å². The number of carbonyl (C=O) groups is 1. The van der Waals surface area contributed by atoms with Crippen LogP contribution in [0.5, 0.6) is 0 Å². The van der Waals surface area contributed by atoms with Crippen LogP contribution in [0.2, 0.25) is 0 Å². The molecule has 19 heavy (non-hydrogen) atoms. The Balaban J connectivity index is 2.25. The lowest BCUT2D eigenvalue weighted by molar-refractivity contribution is -0.125. The van der Waals surface area contributed by atoms with E-state index in [2.05, 4.69) is 34.7 Å². The van der Waals surface area contributed by atoms with Crippen LogP contribution in [0.3, 0.4) is 0 Å². The molecule has 0 bridgehead atoms. The molecule has 1 aliphatic heterocycles. The maximum absolute atomic E-state index is 12.0. The average Bonchev–Trinajstić information content (AvgIpc) is 3.09. The predicted octanol–water partition coefficient (Wildman–Crippen LogP) is 1.74. The number of nitrogens with one attached hydrogen (secondary N) is 1. The molecule has 0 saturated carbocycles. The lowest BCUT2D eigenvalue weighted by Crippen LogP contribution is -2.48. The highest BCUT2D eigenvalue weighted by atomic mass is 32.1. The molecule has 1 aromatic rings. The van der Waals surface area contributed by atoms with E-state index >= 15 is 0 Å². The van der Waals surface area contributed by atoms with Crippen LogP contribution in [0, 0.1) is 0 Å². The molecule has 3 atom stereocenters. The number of likely N-dealkylation sites (tertiary alicyclic amines) is 1. The number of nitrogens with zero attached hydrogens (tertiary/aromatic N) is 1. The van der Waals surface area contributed by atoms with Gasteiger partial charge in [0.25, 0.3) is 0 Å². The molecule has 0 radical (unpaired) electrons. The van der Waals surface area contributed by atoms with Crippen LogP contribution in [0.15, 0.2) is 17.5 Å². The Morgan fingerprint density at radius 2 is 2.47 bits per heavy atom. The van der Waals surface area contributed by atoms with Crippen LogP contribution in [0.25, 0.3) is 0 Å². The highest BCUT2D eigenvalue weighted by molar-refractivity contribution is 7.10. The molecule has 0 aromatic carbocycles. The number of hydrogen-bond acceptors (Lipinski definition) is 4. The number of amides is 1. The molecule has 1 aliphatic rings. The molecule has 5 heteroatoms. The number of rotatable bonds is 5. The number of thiophene rings is 1. The Bertz CT molecular complexity index is 407. The van der Waals surface area contributed by atoms with E-state index in [0.717, 1.165) is 25.8 Å². The molecule has 106 valence electrons. The van der Waals surface area contributed by atoms with Gasteiger partial charge < -0.3 is 11.1 Å². The lowest BCUT2D eigenvalue weighted by Gasteiger charge is -2.35. The van der Waals surface area contributed by atoms with Crippen molar-refractivity contribution in [3.63, 3.8) is 0 Å². The standard InChI is InChI=1S/C14H23N3OS/c1-3-10(15)13(12-7-5-9-19-12)17-8-4-6-11(17)14(18)16-2/h5,7,9-11,13H,3-4,6,8,15H2,1-2H3,(H,16,18). The summed E-state index contributed by atoms with van der Waals surface area (Å²) in [6.07, 6.45) is 2.91. The van der Waals surface area contributed by atoms with Gasteiger partial charge in [0, 0.05) is 18.0 Å². The zero-order chi connectivity index (χ0) is 13.8. The Labute approximate surface area is 119 Å². The van der Waals surface area contributed by atoms with Crippen molar-refractivity contribution < 1.29 is 4.79 Å². The summed E-state index contributed by atoms with van der Waals surface area (Å²) in [7, 11) is 1.71. The Morgan fingerprint density at radius 1 is 1.68 bits per heavy atom. The van der Waals surface area contributed by atoms with E-state index in [1.165, 1.54) is 4.88 Å². The Morgan fingerprint density at radius 3 is 3.05 bits per heavy atom. The fourth-order valence-electron chi connectivity index (χ4n) is 2.87. The summed E-state index contributed by atoms with van der Waals surface area (Å²) in [6, 6.07) is 4.39. The molecule has 3 unspecified atom stereocenters. The molecular formula is C14H23N3OS. The van der Waals surface area contributed by atoms with E-state index in [1.807, 2.05) is 0 Å². The summed E-state index contributed by atoms with van der Waals surface area (Å²) in [5.41, 5.74) is 6.33. The first-order chi connectivity index (χ1) is 9.19. The second-order valence-corrected chi connectivity index (χ2v) is 6.02. The fraction of sp³-hybridized carbons (Fsp3) is 0.643. The van der Waals surface area contributed by atoms with E-state index in [4.69, 9.17) is 5.73 Å². The van der Waals surface area contributed by atoms with Crippen molar-refractivity contribution in [2.24, 2.45) is 5.73 Å². The quantitative estimate of drug-likeness (QED) is 0.864. The lowest BCUT2D eigenvalue weighted by atomic mass is 10.0. The van der Waals surface area contributed by atoms with E-state index in [-0.39, 0.29) is 24.0 Å². The number of nitrogens with two attached hydrogens (primary N) is 1. The molecule has 1 saturated heterocycles. The molecule has 2 heterocycles. The van der Waals surface area contributed by atoms with E-state index in [1.54, 1.807) is 18.4 Å². The molecule has 2 rings (SSSR count). The van der Waals surface area contributed by atoms with Crippen molar-refractivity contribution in [2.45, 2.75) is 44.3 Å². The van der Waals surface area contributed by atoms with Crippen LogP contribution >= 0.6 is 11.3 Å². The average molecular weight is 281 g/mol. The molecule has 0 spiro atoms. The maximum Gasteiger partial charge on any atom is 0.237 e. The first kappa shape index (κ1) is 14.5. The van der Waals surface area contributed by atoms with E-state index in [9.17, 15) is 4.79 Å². The SMILES string of the molecule is CCC(N)C(c1cccs1)N1CCCC1C(=O)NC. The van der Waals surface area contributed by atoms with Crippen LogP contribution in [0.1, 0.15) is 37.1 Å². The Kier molecular flexibility index (Phi) is 4.96. The second kappa shape index (κ2) is 6.50. The predicted molar refractivity (Wildman–Crippen MR) is 79.1 cm³/mol. The van der Waals surface area contributed by atoms with Gasteiger partial charge in [0.1, 0.15) is 0 Å². The third-order valence-electron chi connectivity index (χ3n) is 3.91. The molecular weight excluding hydrogens is 258 g/mol. The Hall–Kier alpha value is -0.910. The van der Waals surface area contributed by atoms with Crippen LogP contribution < -0.4 is 11.1 Å². The minimum atomic E-state index is -0.0327. The number of hydrogen-bond donors (Lipinski definition) is 2. The van der Waals surface area contributed by atoms with Gasteiger partial charge in [-0.25, -0.2) is 0 Å². The van der Waals surface area contributed by atoms with Gasteiger partial charge in [-0.2, -0.15) is 0 Å². The molecule has 1 amide bonds. The number of carbonyl (C=O) groups excluding carboxylic acids is 1. The van der Waals surface area contributed by atoms with Gasteiger partial charge >= 0.3 is 0 Å². The van der Waals surface area contributed by atoms with Gasteiger partial charge in [-0.3, -0.25) is 9.69 Å². The summed E-state index contributed by atoms with van der Waals surface area (Å²) < 4.78 is 0. The van der Waals surface area contributed by atoms with Crippen LogP contribution in [0.4, 0.5) is 0 Å². The van der Waals surface area contributed by atoms with Crippen LogP contribution in [-0.2, 0) is 4.79 Å². The maximum atomic E-state index is 12.0. The topological polar surface area (TPSA) is 58.4 Å². The van der Waals surface area contributed by atoms with Crippen molar-refractivity contribution in [1.29, 1.82) is 0 Å². The van der Waals surface area contributed by atoms with Gasteiger partial charge in [0.05, 0.1) is 12.1 Å².